The van der Waals surface area contributed by atoms with Crippen LogP contribution >= 0.6 is 35.4 Å². The van der Waals surface area contributed by atoms with E-state index in [1.807, 2.05) is 31.2 Å². The van der Waals surface area contributed by atoms with Gasteiger partial charge < -0.3 is 14.5 Å². The molecule has 1 saturated heterocycles. The second-order valence-electron chi connectivity index (χ2n) is 6.56. The van der Waals surface area contributed by atoms with Gasteiger partial charge in [0.05, 0.1) is 15.7 Å². The Morgan fingerprint density at radius 1 is 1.10 bits per heavy atom. The van der Waals surface area contributed by atoms with Gasteiger partial charge in [0.15, 0.2) is 10.9 Å². The summed E-state index contributed by atoms with van der Waals surface area (Å²) in [5.41, 5.74) is 2.03. The quantitative estimate of drug-likeness (QED) is 0.390. The Morgan fingerprint density at radius 3 is 2.57 bits per heavy atom. The number of aryl methyl sites for hydroxylation is 1. The Morgan fingerprint density at radius 2 is 1.83 bits per heavy atom. The average Bonchev–Trinajstić information content (AvgIpc) is 3.26. The number of halogens is 2. The zero-order valence-corrected chi connectivity index (χ0v) is 18.1. The van der Waals surface area contributed by atoms with E-state index in [4.69, 9.17) is 44.6 Å². The molecule has 0 aliphatic carbocycles. The maximum absolute atomic E-state index is 12.9. The Labute approximate surface area is 188 Å². The van der Waals surface area contributed by atoms with Crippen molar-refractivity contribution in [2.45, 2.75) is 13.5 Å². The number of anilines is 1. The van der Waals surface area contributed by atoms with Crippen molar-refractivity contribution in [2.75, 3.05) is 4.90 Å². The van der Waals surface area contributed by atoms with Crippen LogP contribution in [0.2, 0.25) is 10.0 Å². The average molecular weight is 459 g/mol. The summed E-state index contributed by atoms with van der Waals surface area (Å²) in [6.45, 7) is 2.07. The van der Waals surface area contributed by atoms with E-state index in [0.717, 1.165) is 11.3 Å². The number of nitrogens with zero attached hydrogens (tertiary/aromatic N) is 1. The molecule has 4 rings (SSSR count). The van der Waals surface area contributed by atoms with Crippen LogP contribution in [0.4, 0.5) is 5.69 Å². The smallest absolute Gasteiger partial charge is 0.281 e. The van der Waals surface area contributed by atoms with Gasteiger partial charge in [0.25, 0.3) is 5.91 Å². The molecule has 0 atom stereocenters. The molecule has 1 amide bonds. The second kappa shape index (κ2) is 8.52. The van der Waals surface area contributed by atoms with Crippen molar-refractivity contribution in [3.63, 3.8) is 0 Å². The van der Waals surface area contributed by atoms with Crippen molar-refractivity contribution in [2.24, 2.45) is 0 Å². The Hall–Kier alpha value is -2.80. The van der Waals surface area contributed by atoms with Crippen LogP contribution in [-0.2, 0) is 11.4 Å². The molecule has 1 aliphatic heterocycles. The van der Waals surface area contributed by atoms with E-state index in [-0.39, 0.29) is 12.5 Å². The molecule has 152 valence electrons. The number of furan rings is 1. The molecule has 1 N–H and O–H groups in total. The maximum atomic E-state index is 12.9. The molecule has 0 bridgehead atoms. The molecular weight excluding hydrogens is 443 g/mol. The van der Waals surface area contributed by atoms with Crippen molar-refractivity contribution >= 4 is 58.2 Å². The van der Waals surface area contributed by atoms with E-state index >= 15 is 0 Å². The Kier molecular flexibility index (Phi) is 5.81. The fourth-order valence-corrected chi connectivity index (χ4v) is 3.82. The molecule has 1 aromatic heterocycles. The number of hydrogen-bond acceptors (Lipinski definition) is 4. The molecule has 2 aromatic carbocycles. The van der Waals surface area contributed by atoms with Crippen molar-refractivity contribution in [1.29, 1.82) is 0 Å². The molecule has 3 aromatic rings. The predicted octanol–water partition coefficient (Wildman–Crippen LogP) is 5.74. The van der Waals surface area contributed by atoms with Gasteiger partial charge in [0, 0.05) is 6.08 Å². The number of amides is 1. The molecule has 0 saturated carbocycles. The van der Waals surface area contributed by atoms with Gasteiger partial charge in [-0.25, -0.2) is 0 Å². The summed E-state index contributed by atoms with van der Waals surface area (Å²) in [6.07, 6.45) is 1.61. The van der Waals surface area contributed by atoms with Gasteiger partial charge in [0.1, 0.15) is 23.8 Å². The fourth-order valence-electron chi connectivity index (χ4n) is 3.02. The minimum atomic E-state index is -0.244. The maximum Gasteiger partial charge on any atom is 0.281 e. The molecule has 0 radical (unpaired) electrons. The standard InChI is InChI=1S/C22H16Cl2N2O3S/c1-13-5-2-3-8-19(13)26-21(27)18(25-22(26)30)11-14-9-10-15(29-14)12-28-20-16(23)6-4-7-17(20)24/h2-11H,12H2,1H3,(H,25,30)/b18-11+. The highest BCUT2D eigenvalue weighted by molar-refractivity contribution is 7.80. The summed E-state index contributed by atoms with van der Waals surface area (Å²) in [7, 11) is 0. The number of benzene rings is 2. The van der Waals surface area contributed by atoms with Gasteiger partial charge in [-0.05, 0) is 55.0 Å². The molecule has 0 spiro atoms. The van der Waals surface area contributed by atoms with Crippen molar-refractivity contribution in [3.05, 3.63) is 87.4 Å². The molecule has 8 heteroatoms. The topological polar surface area (TPSA) is 54.7 Å². The number of ether oxygens (including phenoxy) is 1. The minimum Gasteiger partial charge on any atom is -0.483 e. The van der Waals surface area contributed by atoms with E-state index in [1.165, 1.54) is 4.90 Å². The van der Waals surface area contributed by atoms with Gasteiger partial charge in [-0.2, -0.15) is 0 Å². The summed E-state index contributed by atoms with van der Waals surface area (Å²) >= 11 is 17.6. The summed E-state index contributed by atoms with van der Waals surface area (Å²) in [5, 5.41) is 4.11. The van der Waals surface area contributed by atoms with Gasteiger partial charge in [-0.15, -0.1) is 0 Å². The van der Waals surface area contributed by atoms with Gasteiger partial charge in [-0.1, -0.05) is 47.5 Å². The number of nitrogens with one attached hydrogen (secondary N) is 1. The van der Waals surface area contributed by atoms with E-state index in [0.29, 0.717) is 38.1 Å². The first-order valence-electron chi connectivity index (χ1n) is 9.02. The first-order chi connectivity index (χ1) is 14.4. The minimum absolute atomic E-state index is 0.141. The van der Waals surface area contributed by atoms with Crippen LogP contribution in [0, 0.1) is 6.92 Å². The van der Waals surface area contributed by atoms with Gasteiger partial charge in [0.2, 0.25) is 0 Å². The summed E-state index contributed by atoms with van der Waals surface area (Å²) in [4.78, 5) is 14.4. The SMILES string of the molecule is Cc1ccccc1N1C(=O)/C(=C\c2ccc(COc3c(Cl)cccc3Cl)o2)NC1=S. The largest absolute Gasteiger partial charge is 0.483 e. The molecule has 5 nitrogen and oxygen atoms in total. The van der Waals surface area contributed by atoms with Crippen LogP contribution in [0.1, 0.15) is 17.1 Å². The highest BCUT2D eigenvalue weighted by Gasteiger charge is 2.32. The van der Waals surface area contributed by atoms with Gasteiger partial charge in [-0.3, -0.25) is 9.69 Å². The summed E-state index contributed by atoms with van der Waals surface area (Å²) < 4.78 is 11.4. The Balaban J connectivity index is 1.50. The fraction of sp³-hybridized carbons (Fsp3) is 0.0909. The lowest BCUT2D eigenvalue weighted by Crippen LogP contribution is -2.30. The zero-order chi connectivity index (χ0) is 21.3. The van der Waals surface area contributed by atoms with Crippen molar-refractivity contribution < 1.29 is 13.9 Å². The molecule has 30 heavy (non-hydrogen) atoms. The lowest BCUT2D eigenvalue weighted by atomic mass is 10.2. The van der Waals surface area contributed by atoms with E-state index in [1.54, 1.807) is 36.4 Å². The van der Waals surface area contributed by atoms with E-state index < -0.39 is 0 Å². The zero-order valence-electron chi connectivity index (χ0n) is 15.8. The first kappa shape index (κ1) is 20.5. The van der Waals surface area contributed by atoms with Crippen molar-refractivity contribution in [3.8, 4) is 5.75 Å². The third kappa shape index (κ3) is 4.07. The lowest BCUT2D eigenvalue weighted by Gasteiger charge is -2.16. The number of para-hydroxylation sites is 2. The number of thiocarbonyl (C=S) groups is 1. The van der Waals surface area contributed by atoms with Crippen LogP contribution in [0.3, 0.4) is 0 Å². The third-order valence-corrected chi connectivity index (χ3v) is 5.36. The summed E-state index contributed by atoms with van der Waals surface area (Å²) in [6, 6.07) is 16.2. The number of carbonyl (C=O) groups is 1. The molecular formula is C22H16Cl2N2O3S. The molecule has 0 unspecified atom stereocenters. The highest BCUT2D eigenvalue weighted by Crippen LogP contribution is 2.33. The number of carbonyl (C=O) groups excluding carboxylic acids is 1. The van der Waals surface area contributed by atoms with Crippen LogP contribution in [0.5, 0.6) is 5.75 Å². The van der Waals surface area contributed by atoms with E-state index in [9.17, 15) is 4.79 Å². The molecule has 2 heterocycles. The van der Waals surface area contributed by atoms with Crippen LogP contribution in [0.15, 0.2) is 64.7 Å². The molecule has 1 aliphatic rings. The monoisotopic (exact) mass is 458 g/mol. The second-order valence-corrected chi connectivity index (χ2v) is 7.76. The lowest BCUT2D eigenvalue weighted by molar-refractivity contribution is -0.113. The summed E-state index contributed by atoms with van der Waals surface area (Å²) in [5.74, 6) is 1.20. The van der Waals surface area contributed by atoms with Gasteiger partial charge >= 0.3 is 0 Å². The van der Waals surface area contributed by atoms with E-state index in [2.05, 4.69) is 5.32 Å². The highest BCUT2D eigenvalue weighted by atomic mass is 35.5. The first-order valence-corrected chi connectivity index (χ1v) is 10.2. The number of rotatable bonds is 5. The Bertz CT molecular complexity index is 1150. The van der Waals surface area contributed by atoms with Crippen LogP contribution < -0.4 is 15.0 Å². The molecule has 1 fully saturated rings. The van der Waals surface area contributed by atoms with Crippen LogP contribution in [0.25, 0.3) is 6.08 Å². The van der Waals surface area contributed by atoms with Crippen LogP contribution in [-0.4, -0.2) is 11.0 Å². The predicted molar refractivity (Wildman–Crippen MR) is 122 cm³/mol. The van der Waals surface area contributed by atoms with Crippen molar-refractivity contribution in [1.82, 2.24) is 5.32 Å². The normalized spacial score (nSPS) is 15.0. The third-order valence-electron chi connectivity index (χ3n) is 4.48. The number of hydrogen-bond donors (Lipinski definition) is 1.